The Kier molecular flexibility index (Phi) is 4.06. The summed E-state index contributed by atoms with van der Waals surface area (Å²) in [6, 6.07) is 0. The number of nitrogens with two attached hydrogens (primary N) is 1. The van der Waals surface area contributed by atoms with Crippen molar-refractivity contribution in [2.24, 2.45) is 11.7 Å². The highest BCUT2D eigenvalue weighted by Gasteiger charge is 2.42. The summed E-state index contributed by atoms with van der Waals surface area (Å²) in [7, 11) is 0. The number of aryl methyl sites for hydroxylation is 1. The second-order valence-corrected chi connectivity index (χ2v) is 7.83. The number of hydrogen-bond acceptors (Lipinski definition) is 4. The van der Waals surface area contributed by atoms with Gasteiger partial charge in [0.2, 0.25) is 0 Å². The van der Waals surface area contributed by atoms with E-state index in [1.807, 2.05) is 6.92 Å². The molecule has 3 rings (SSSR count). The van der Waals surface area contributed by atoms with Crippen LogP contribution in [0.2, 0.25) is 0 Å². The third kappa shape index (κ3) is 2.99. The van der Waals surface area contributed by atoms with E-state index >= 15 is 0 Å². The average Bonchev–Trinajstić information content (AvgIpc) is 3.04. The molecule has 116 valence electrons. The predicted octanol–water partition coefficient (Wildman–Crippen LogP) is 2.97. The van der Waals surface area contributed by atoms with Crippen molar-refractivity contribution >= 4 is 17.2 Å². The lowest BCUT2D eigenvalue weighted by molar-refractivity contribution is 0.0901. The van der Waals surface area contributed by atoms with Crippen LogP contribution in [0, 0.1) is 12.8 Å². The average molecular weight is 307 g/mol. The van der Waals surface area contributed by atoms with Gasteiger partial charge in [-0.25, -0.2) is 4.98 Å². The van der Waals surface area contributed by atoms with Gasteiger partial charge in [-0.1, -0.05) is 12.8 Å². The van der Waals surface area contributed by atoms with Crippen molar-refractivity contribution in [3.05, 3.63) is 15.6 Å². The smallest absolute Gasteiger partial charge is 0.263 e. The molecule has 4 nitrogen and oxygen atoms in total. The summed E-state index contributed by atoms with van der Waals surface area (Å²) in [5.41, 5.74) is 6.50. The van der Waals surface area contributed by atoms with Crippen molar-refractivity contribution in [3.8, 4) is 0 Å². The Balaban J connectivity index is 1.75. The second-order valence-electron chi connectivity index (χ2n) is 6.80. The van der Waals surface area contributed by atoms with Gasteiger partial charge in [-0.05, 0) is 45.4 Å². The summed E-state index contributed by atoms with van der Waals surface area (Å²) in [6.45, 7) is 4.51. The third-order valence-electron chi connectivity index (χ3n) is 5.03. The van der Waals surface area contributed by atoms with E-state index < -0.39 is 0 Å². The lowest BCUT2D eigenvalue weighted by Crippen LogP contribution is -2.53. The molecular formula is C16H25N3OS. The molecule has 21 heavy (non-hydrogen) atoms. The predicted molar refractivity (Wildman–Crippen MR) is 85.7 cm³/mol. The minimum Gasteiger partial charge on any atom is -0.345 e. The zero-order valence-corrected chi connectivity index (χ0v) is 13.8. The fourth-order valence-electron chi connectivity index (χ4n) is 3.33. The van der Waals surface area contributed by atoms with Gasteiger partial charge in [0.1, 0.15) is 4.88 Å². The van der Waals surface area contributed by atoms with Gasteiger partial charge in [0.25, 0.3) is 5.91 Å². The number of aromatic nitrogens is 1. The van der Waals surface area contributed by atoms with Gasteiger partial charge in [0.15, 0.2) is 0 Å². The highest BCUT2D eigenvalue weighted by molar-refractivity contribution is 7.13. The Hall–Kier alpha value is -0.940. The molecule has 1 atom stereocenters. The third-order valence-corrected chi connectivity index (χ3v) is 6.34. The molecule has 0 bridgehead atoms. The van der Waals surface area contributed by atoms with Crippen LogP contribution in [0.15, 0.2) is 0 Å². The fraction of sp³-hybridized carbons (Fsp3) is 0.750. The Labute approximate surface area is 130 Å². The van der Waals surface area contributed by atoms with E-state index in [1.165, 1.54) is 38.5 Å². The molecule has 1 heterocycles. The Morgan fingerprint density at radius 3 is 2.62 bits per heavy atom. The number of nitrogens with one attached hydrogen (secondary N) is 1. The molecule has 1 amide bonds. The lowest BCUT2D eigenvalue weighted by Gasteiger charge is -2.29. The van der Waals surface area contributed by atoms with Crippen LogP contribution in [-0.2, 0) is 0 Å². The van der Waals surface area contributed by atoms with E-state index in [9.17, 15) is 4.79 Å². The number of carbonyl (C=O) groups excluding carboxylic acids is 1. The molecule has 2 aliphatic carbocycles. The van der Waals surface area contributed by atoms with Crippen molar-refractivity contribution < 1.29 is 4.79 Å². The fourth-order valence-corrected chi connectivity index (χ4v) is 4.46. The zero-order chi connectivity index (χ0) is 15.0. The van der Waals surface area contributed by atoms with Gasteiger partial charge in [-0.2, -0.15) is 0 Å². The Bertz CT molecular complexity index is 532. The van der Waals surface area contributed by atoms with Crippen LogP contribution < -0.4 is 11.1 Å². The molecule has 1 aromatic heterocycles. The molecule has 0 radical (unpaired) electrons. The van der Waals surface area contributed by atoms with Crippen molar-refractivity contribution in [1.82, 2.24) is 10.3 Å². The molecule has 5 heteroatoms. The maximum atomic E-state index is 12.6. The highest BCUT2D eigenvalue weighted by atomic mass is 32.1. The van der Waals surface area contributed by atoms with Crippen LogP contribution in [0.25, 0.3) is 0 Å². The van der Waals surface area contributed by atoms with Crippen molar-refractivity contribution in [3.63, 3.8) is 0 Å². The standard InChI is InChI=1S/C16H25N3OS/c1-10-13(21-15(18-10)11-5-3-4-6-11)14(20)19-16(2,9-17)12-7-8-12/h11-12H,3-9,17H2,1-2H3,(H,19,20). The summed E-state index contributed by atoms with van der Waals surface area (Å²) < 4.78 is 0. The van der Waals surface area contributed by atoms with Crippen LogP contribution in [0.3, 0.4) is 0 Å². The molecule has 1 aromatic rings. The minimum atomic E-state index is -0.263. The molecule has 2 aliphatic rings. The lowest BCUT2D eigenvalue weighted by atomic mass is 9.96. The molecule has 3 N–H and O–H groups in total. The van der Waals surface area contributed by atoms with Crippen LogP contribution in [-0.4, -0.2) is 23.0 Å². The summed E-state index contributed by atoms with van der Waals surface area (Å²) in [4.78, 5) is 18.0. The first-order valence-corrected chi connectivity index (χ1v) is 8.85. The number of carbonyl (C=O) groups is 1. The van der Waals surface area contributed by atoms with Gasteiger partial charge in [0.05, 0.1) is 16.2 Å². The Morgan fingerprint density at radius 2 is 2.05 bits per heavy atom. The minimum absolute atomic E-state index is 0.00842. The van der Waals surface area contributed by atoms with Crippen molar-refractivity contribution in [2.75, 3.05) is 6.54 Å². The number of thiazole rings is 1. The number of rotatable bonds is 5. The van der Waals surface area contributed by atoms with Gasteiger partial charge < -0.3 is 11.1 Å². The van der Waals surface area contributed by atoms with E-state index in [0.717, 1.165) is 15.6 Å². The van der Waals surface area contributed by atoms with Crippen molar-refractivity contribution in [1.29, 1.82) is 0 Å². The molecule has 0 aromatic carbocycles. The highest BCUT2D eigenvalue weighted by Crippen LogP contribution is 2.40. The Morgan fingerprint density at radius 1 is 1.38 bits per heavy atom. The molecule has 2 saturated carbocycles. The first kappa shape index (κ1) is 15.0. The molecule has 1 unspecified atom stereocenters. The normalized spacial score (nSPS) is 22.2. The van der Waals surface area contributed by atoms with E-state index in [2.05, 4.69) is 17.2 Å². The summed E-state index contributed by atoms with van der Waals surface area (Å²) in [6.07, 6.45) is 7.36. The molecular weight excluding hydrogens is 282 g/mol. The number of amides is 1. The molecule has 0 saturated heterocycles. The summed E-state index contributed by atoms with van der Waals surface area (Å²) >= 11 is 1.58. The van der Waals surface area contributed by atoms with Gasteiger partial charge in [0, 0.05) is 12.5 Å². The first-order chi connectivity index (χ1) is 10.0. The van der Waals surface area contributed by atoms with Crippen LogP contribution in [0.4, 0.5) is 0 Å². The van der Waals surface area contributed by atoms with Gasteiger partial charge in [-0.3, -0.25) is 4.79 Å². The maximum absolute atomic E-state index is 12.6. The van der Waals surface area contributed by atoms with Crippen LogP contribution in [0.1, 0.15) is 71.7 Å². The SMILES string of the molecule is Cc1nc(C2CCCC2)sc1C(=O)NC(C)(CN)C1CC1. The van der Waals surface area contributed by atoms with E-state index in [1.54, 1.807) is 11.3 Å². The summed E-state index contributed by atoms with van der Waals surface area (Å²) in [5.74, 6) is 1.11. The van der Waals surface area contributed by atoms with Gasteiger partial charge >= 0.3 is 0 Å². The molecule has 0 aliphatic heterocycles. The summed E-state index contributed by atoms with van der Waals surface area (Å²) in [5, 5.41) is 4.32. The first-order valence-electron chi connectivity index (χ1n) is 8.03. The number of hydrogen-bond donors (Lipinski definition) is 2. The van der Waals surface area contributed by atoms with Crippen molar-refractivity contribution in [2.45, 2.75) is 63.8 Å². The van der Waals surface area contributed by atoms with E-state index in [0.29, 0.717) is 18.4 Å². The monoisotopic (exact) mass is 307 g/mol. The molecule has 0 spiro atoms. The second kappa shape index (κ2) is 5.69. The molecule has 2 fully saturated rings. The van der Waals surface area contributed by atoms with Crippen LogP contribution >= 0.6 is 11.3 Å². The largest absolute Gasteiger partial charge is 0.345 e. The number of nitrogens with zero attached hydrogens (tertiary/aromatic N) is 1. The quantitative estimate of drug-likeness (QED) is 0.878. The van der Waals surface area contributed by atoms with Crippen LogP contribution in [0.5, 0.6) is 0 Å². The zero-order valence-electron chi connectivity index (χ0n) is 12.9. The van der Waals surface area contributed by atoms with Gasteiger partial charge in [-0.15, -0.1) is 11.3 Å². The van der Waals surface area contributed by atoms with E-state index in [-0.39, 0.29) is 11.4 Å². The topological polar surface area (TPSA) is 68.0 Å². The maximum Gasteiger partial charge on any atom is 0.263 e. The van der Waals surface area contributed by atoms with E-state index in [4.69, 9.17) is 5.73 Å².